The minimum absolute atomic E-state index is 0.0264. The molecule has 3 aromatic rings. The Balaban J connectivity index is 1.99. The summed E-state index contributed by atoms with van der Waals surface area (Å²) >= 11 is 3.42. The van der Waals surface area contributed by atoms with Crippen molar-refractivity contribution in [2.45, 2.75) is 0 Å². The molecule has 1 heterocycles. The van der Waals surface area contributed by atoms with E-state index in [1.54, 1.807) is 6.07 Å². The number of ether oxygens (including phenoxy) is 1. The Morgan fingerprint density at radius 1 is 1.10 bits per heavy atom. The van der Waals surface area contributed by atoms with Gasteiger partial charge >= 0.3 is 5.97 Å². The van der Waals surface area contributed by atoms with Crippen LogP contribution in [-0.2, 0) is 0 Å². The van der Waals surface area contributed by atoms with E-state index < -0.39 is 5.97 Å². The number of halogens is 1. The molecule has 0 spiro atoms. The number of benzene rings is 2. The summed E-state index contributed by atoms with van der Waals surface area (Å²) in [6.45, 7) is 0. The van der Waals surface area contributed by atoms with E-state index in [-0.39, 0.29) is 11.4 Å². The molecule has 0 atom stereocenters. The number of carbonyl (C=O) groups is 1. The van der Waals surface area contributed by atoms with Crippen molar-refractivity contribution in [3.8, 4) is 11.6 Å². The maximum Gasteiger partial charge on any atom is 0.341 e. The lowest BCUT2D eigenvalue weighted by Gasteiger charge is -2.07. The van der Waals surface area contributed by atoms with Crippen LogP contribution < -0.4 is 4.74 Å². The summed E-state index contributed by atoms with van der Waals surface area (Å²) in [5.41, 5.74) is -0.0269. The van der Waals surface area contributed by atoms with E-state index in [1.807, 2.05) is 30.3 Å². The SMILES string of the molecule is O=C(O)c1ccnnc1Oc1ccc2cc(Br)ccc2c1. The molecule has 6 heteroatoms. The highest BCUT2D eigenvalue weighted by molar-refractivity contribution is 9.10. The highest BCUT2D eigenvalue weighted by Crippen LogP contribution is 2.27. The minimum Gasteiger partial charge on any atom is -0.477 e. The highest BCUT2D eigenvalue weighted by atomic mass is 79.9. The molecule has 5 nitrogen and oxygen atoms in total. The molecule has 0 saturated carbocycles. The molecule has 0 aliphatic carbocycles. The van der Waals surface area contributed by atoms with Gasteiger partial charge in [0.1, 0.15) is 11.3 Å². The molecule has 2 aromatic carbocycles. The number of carboxylic acids is 1. The zero-order chi connectivity index (χ0) is 14.8. The predicted molar refractivity (Wildman–Crippen MR) is 80.7 cm³/mol. The first-order valence-corrected chi connectivity index (χ1v) is 6.85. The summed E-state index contributed by atoms with van der Waals surface area (Å²) in [5, 5.41) is 18.5. The Hall–Kier alpha value is -2.47. The van der Waals surface area contributed by atoms with Crippen LogP contribution in [0.15, 0.2) is 53.1 Å². The normalized spacial score (nSPS) is 10.5. The van der Waals surface area contributed by atoms with Crippen LogP contribution in [0.3, 0.4) is 0 Å². The molecule has 1 N–H and O–H groups in total. The van der Waals surface area contributed by atoms with Gasteiger partial charge in [-0.15, -0.1) is 5.10 Å². The maximum atomic E-state index is 11.1. The molecule has 0 radical (unpaired) electrons. The highest BCUT2D eigenvalue weighted by Gasteiger charge is 2.13. The van der Waals surface area contributed by atoms with Crippen molar-refractivity contribution in [2.75, 3.05) is 0 Å². The monoisotopic (exact) mass is 344 g/mol. The van der Waals surface area contributed by atoms with Crippen molar-refractivity contribution >= 4 is 32.7 Å². The van der Waals surface area contributed by atoms with Crippen LogP contribution in [-0.4, -0.2) is 21.3 Å². The average molecular weight is 345 g/mol. The molecule has 0 bridgehead atoms. The zero-order valence-electron chi connectivity index (χ0n) is 10.7. The number of nitrogens with zero attached hydrogens (tertiary/aromatic N) is 2. The van der Waals surface area contributed by atoms with Gasteiger partial charge < -0.3 is 9.84 Å². The molecule has 21 heavy (non-hydrogen) atoms. The number of rotatable bonds is 3. The van der Waals surface area contributed by atoms with Crippen molar-refractivity contribution in [3.05, 3.63) is 58.7 Å². The quantitative estimate of drug-likeness (QED) is 0.780. The fraction of sp³-hybridized carbons (Fsp3) is 0. The Kier molecular flexibility index (Phi) is 3.53. The van der Waals surface area contributed by atoms with Crippen molar-refractivity contribution < 1.29 is 14.6 Å². The fourth-order valence-corrected chi connectivity index (χ4v) is 2.31. The molecule has 1 aromatic heterocycles. The van der Waals surface area contributed by atoms with Crippen LogP contribution in [0.5, 0.6) is 11.6 Å². The summed E-state index contributed by atoms with van der Waals surface area (Å²) in [6, 6.07) is 12.7. The van der Waals surface area contributed by atoms with Crippen LogP contribution in [0, 0.1) is 0 Å². The molecule has 0 aliphatic rings. The van der Waals surface area contributed by atoms with Crippen LogP contribution >= 0.6 is 15.9 Å². The lowest BCUT2D eigenvalue weighted by molar-refractivity contribution is 0.0693. The van der Waals surface area contributed by atoms with Gasteiger partial charge in [-0.1, -0.05) is 28.1 Å². The Labute approximate surface area is 128 Å². The number of hydrogen-bond acceptors (Lipinski definition) is 4. The van der Waals surface area contributed by atoms with E-state index in [9.17, 15) is 4.79 Å². The number of hydrogen-bond donors (Lipinski definition) is 1. The maximum absolute atomic E-state index is 11.1. The van der Waals surface area contributed by atoms with E-state index in [1.165, 1.54) is 12.3 Å². The molecule has 104 valence electrons. The first-order valence-electron chi connectivity index (χ1n) is 6.05. The van der Waals surface area contributed by atoms with Gasteiger partial charge in [0, 0.05) is 4.47 Å². The Morgan fingerprint density at radius 2 is 1.86 bits per heavy atom. The second kappa shape index (κ2) is 5.49. The predicted octanol–water partition coefficient (Wildman–Crippen LogP) is 3.88. The van der Waals surface area contributed by atoms with Crippen molar-refractivity contribution in [3.63, 3.8) is 0 Å². The van der Waals surface area contributed by atoms with E-state index in [0.717, 1.165) is 15.2 Å². The average Bonchev–Trinajstić information content (AvgIpc) is 2.48. The molecule has 0 amide bonds. The number of carboxylic acid groups (broad SMARTS) is 1. The van der Waals surface area contributed by atoms with Crippen molar-refractivity contribution in [1.29, 1.82) is 0 Å². The Morgan fingerprint density at radius 3 is 2.67 bits per heavy atom. The van der Waals surface area contributed by atoms with Crippen molar-refractivity contribution in [1.82, 2.24) is 10.2 Å². The lowest BCUT2D eigenvalue weighted by Crippen LogP contribution is -2.02. The standard InChI is InChI=1S/C15H9BrN2O3/c16-11-3-1-10-8-12(4-2-9(10)7-11)21-14-13(15(19)20)5-6-17-18-14/h1-8H,(H,19,20). The van der Waals surface area contributed by atoms with Gasteiger partial charge in [0.15, 0.2) is 0 Å². The van der Waals surface area contributed by atoms with Gasteiger partial charge in [-0.05, 0) is 41.1 Å². The smallest absolute Gasteiger partial charge is 0.341 e. The van der Waals surface area contributed by atoms with Gasteiger partial charge in [-0.3, -0.25) is 0 Å². The first kappa shape index (κ1) is 13.5. The molecule has 0 unspecified atom stereocenters. The van der Waals surface area contributed by atoms with Crippen LogP contribution in [0.25, 0.3) is 10.8 Å². The fourth-order valence-electron chi connectivity index (χ4n) is 1.93. The van der Waals surface area contributed by atoms with E-state index >= 15 is 0 Å². The van der Waals surface area contributed by atoms with Gasteiger partial charge in [0.25, 0.3) is 5.88 Å². The van der Waals surface area contributed by atoms with Gasteiger partial charge in [0.05, 0.1) is 6.20 Å². The second-order valence-electron chi connectivity index (χ2n) is 4.31. The third-order valence-electron chi connectivity index (χ3n) is 2.91. The Bertz CT molecular complexity index is 836. The number of fused-ring (bicyclic) bond motifs is 1. The summed E-state index contributed by atoms with van der Waals surface area (Å²) in [6.07, 6.45) is 1.31. The third-order valence-corrected chi connectivity index (χ3v) is 3.40. The molecular weight excluding hydrogens is 336 g/mol. The van der Waals surface area contributed by atoms with Gasteiger partial charge in [0.2, 0.25) is 0 Å². The van der Waals surface area contributed by atoms with E-state index in [2.05, 4.69) is 26.1 Å². The summed E-state index contributed by atoms with van der Waals surface area (Å²) in [4.78, 5) is 11.1. The zero-order valence-corrected chi connectivity index (χ0v) is 12.2. The summed E-state index contributed by atoms with van der Waals surface area (Å²) in [5.74, 6) is -0.626. The van der Waals surface area contributed by atoms with Gasteiger partial charge in [-0.25, -0.2) is 4.79 Å². The van der Waals surface area contributed by atoms with E-state index in [0.29, 0.717) is 5.75 Å². The third kappa shape index (κ3) is 2.85. The number of aromatic nitrogens is 2. The van der Waals surface area contributed by atoms with E-state index in [4.69, 9.17) is 9.84 Å². The van der Waals surface area contributed by atoms with Crippen LogP contribution in [0.1, 0.15) is 10.4 Å². The first-order chi connectivity index (χ1) is 10.1. The minimum atomic E-state index is -1.11. The van der Waals surface area contributed by atoms with Crippen molar-refractivity contribution in [2.24, 2.45) is 0 Å². The topological polar surface area (TPSA) is 72.3 Å². The van der Waals surface area contributed by atoms with Crippen LogP contribution in [0.4, 0.5) is 0 Å². The molecular formula is C15H9BrN2O3. The summed E-state index contributed by atoms with van der Waals surface area (Å²) < 4.78 is 6.53. The molecule has 0 fully saturated rings. The largest absolute Gasteiger partial charge is 0.477 e. The second-order valence-corrected chi connectivity index (χ2v) is 5.23. The molecule has 3 rings (SSSR count). The summed E-state index contributed by atoms with van der Waals surface area (Å²) in [7, 11) is 0. The number of aromatic carboxylic acids is 1. The van der Waals surface area contributed by atoms with Gasteiger partial charge in [-0.2, -0.15) is 5.10 Å². The molecule has 0 saturated heterocycles. The van der Waals surface area contributed by atoms with Crippen LogP contribution in [0.2, 0.25) is 0 Å². The molecule has 0 aliphatic heterocycles. The lowest BCUT2D eigenvalue weighted by atomic mass is 10.1.